The van der Waals surface area contributed by atoms with Crippen molar-refractivity contribution in [3.05, 3.63) is 24.3 Å². The number of para-hydroxylation sites is 1. The molecule has 2 aromatic rings. The molecule has 0 aliphatic heterocycles. The maximum Gasteiger partial charge on any atom is 0.416 e. The monoisotopic (exact) mass is 421 g/mol. The van der Waals surface area contributed by atoms with Crippen molar-refractivity contribution in [2.24, 2.45) is 5.92 Å². The van der Waals surface area contributed by atoms with E-state index in [1.165, 1.54) is 7.11 Å². The molecule has 0 fully saturated rings. The van der Waals surface area contributed by atoms with Gasteiger partial charge in [-0.05, 0) is 12.5 Å². The van der Waals surface area contributed by atoms with Crippen molar-refractivity contribution < 1.29 is 33.5 Å². The summed E-state index contributed by atoms with van der Waals surface area (Å²) in [5, 5.41) is 15.5. The molecule has 164 valence electrons. The lowest BCUT2D eigenvalue weighted by atomic mass is 10.0. The summed E-state index contributed by atoms with van der Waals surface area (Å²) in [4.78, 5) is 34.9. The molecule has 1 atom stereocenters. The number of amides is 3. The largest absolute Gasteiger partial charge is 0.493 e. The summed E-state index contributed by atoms with van der Waals surface area (Å²) < 4.78 is 15.7. The van der Waals surface area contributed by atoms with Gasteiger partial charge in [-0.3, -0.25) is 14.8 Å². The van der Waals surface area contributed by atoms with Crippen LogP contribution in [0.2, 0.25) is 0 Å². The zero-order valence-electron chi connectivity index (χ0n) is 17.1. The van der Waals surface area contributed by atoms with E-state index in [1.54, 1.807) is 24.3 Å². The quantitative estimate of drug-likeness (QED) is 0.158. The number of unbranched alkanes of at least 4 members (excludes halogenated alkanes) is 2. The third-order valence-corrected chi connectivity index (χ3v) is 4.45. The van der Waals surface area contributed by atoms with E-state index in [-0.39, 0.29) is 31.5 Å². The molecule has 1 heterocycles. The van der Waals surface area contributed by atoms with Gasteiger partial charge in [-0.2, -0.15) is 0 Å². The van der Waals surface area contributed by atoms with E-state index in [0.29, 0.717) is 28.2 Å². The Balaban J connectivity index is 1.84. The van der Waals surface area contributed by atoms with Crippen LogP contribution in [0.3, 0.4) is 0 Å². The third kappa shape index (κ3) is 6.66. The maximum absolute atomic E-state index is 12.3. The minimum Gasteiger partial charge on any atom is -0.493 e. The number of hydroxylamine groups is 2. The number of nitrogens with one attached hydrogen (secondary N) is 2. The summed E-state index contributed by atoms with van der Waals surface area (Å²) in [6, 6.07) is 6.84. The Morgan fingerprint density at radius 1 is 1.30 bits per heavy atom. The predicted molar refractivity (Wildman–Crippen MR) is 107 cm³/mol. The number of hydrogen-bond acceptors (Lipinski definition) is 7. The van der Waals surface area contributed by atoms with Gasteiger partial charge in [0.15, 0.2) is 11.3 Å². The zero-order chi connectivity index (χ0) is 21.9. The highest BCUT2D eigenvalue weighted by atomic mass is 16.6. The molecule has 1 aromatic heterocycles. The van der Waals surface area contributed by atoms with Crippen molar-refractivity contribution in [3.8, 4) is 11.7 Å². The topological polar surface area (TPSA) is 130 Å². The Kier molecular flexibility index (Phi) is 8.95. The molecule has 0 radical (unpaired) electrons. The van der Waals surface area contributed by atoms with Crippen LogP contribution in [0.5, 0.6) is 11.7 Å². The molecule has 0 bridgehead atoms. The van der Waals surface area contributed by atoms with Crippen molar-refractivity contribution in [3.63, 3.8) is 0 Å². The van der Waals surface area contributed by atoms with Crippen LogP contribution < -0.4 is 20.1 Å². The number of fused-ring (bicyclic) bond motifs is 1. The minimum atomic E-state index is -0.812. The second-order valence-electron chi connectivity index (χ2n) is 6.65. The summed E-state index contributed by atoms with van der Waals surface area (Å²) in [7, 11) is 1.51. The molecule has 1 aromatic carbocycles. The van der Waals surface area contributed by atoms with Gasteiger partial charge in [-0.1, -0.05) is 38.3 Å². The molecule has 0 aliphatic rings. The Bertz CT molecular complexity index is 852. The lowest BCUT2D eigenvalue weighted by Crippen LogP contribution is -2.43. The Morgan fingerprint density at radius 2 is 2.10 bits per heavy atom. The number of ether oxygens (including phenoxy) is 2. The van der Waals surface area contributed by atoms with E-state index < -0.39 is 12.0 Å². The van der Waals surface area contributed by atoms with E-state index in [9.17, 15) is 19.6 Å². The molecule has 2 rings (SSSR count). The van der Waals surface area contributed by atoms with Crippen molar-refractivity contribution in [1.29, 1.82) is 0 Å². The van der Waals surface area contributed by atoms with Crippen LogP contribution in [0.25, 0.3) is 11.0 Å². The van der Waals surface area contributed by atoms with Gasteiger partial charge in [-0.15, -0.1) is 0 Å². The number of rotatable bonds is 12. The molecule has 3 N–H and O–H groups in total. The smallest absolute Gasteiger partial charge is 0.416 e. The second kappa shape index (κ2) is 11.7. The molecule has 0 saturated carbocycles. The third-order valence-electron chi connectivity index (χ3n) is 4.45. The van der Waals surface area contributed by atoms with Crippen LogP contribution in [0.1, 0.15) is 32.6 Å². The normalized spacial score (nSPS) is 11.6. The van der Waals surface area contributed by atoms with E-state index >= 15 is 0 Å². The number of nitrogens with zero attached hydrogens (tertiary/aromatic N) is 1. The van der Waals surface area contributed by atoms with Crippen molar-refractivity contribution in [1.82, 2.24) is 15.7 Å². The van der Waals surface area contributed by atoms with Gasteiger partial charge in [0.2, 0.25) is 12.3 Å². The molecule has 10 heteroatoms. The van der Waals surface area contributed by atoms with Crippen LogP contribution >= 0.6 is 0 Å². The summed E-state index contributed by atoms with van der Waals surface area (Å²) in [6.07, 6.45) is 2.64. The Labute approximate surface area is 174 Å². The first-order valence-electron chi connectivity index (χ1n) is 9.69. The SMILES string of the molecule is CCCCC[C@H](CN(O)C=O)C(=O)NCNC(=O)Oc1cc2cccc(OC)c2o1. The Morgan fingerprint density at radius 3 is 2.80 bits per heavy atom. The number of furan rings is 1. The molecule has 0 aliphatic carbocycles. The fraction of sp³-hybridized carbons (Fsp3) is 0.450. The molecule has 10 nitrogen and oxygen atoms in total. The number of methoxy groups -OCH3 is 1. The summed E-state index contributed by atoms with van der Waals surface area (Å²) >= 11 is 0. The van der Waals surface area contributed by atoms with Crippen LogP contribution in [0.15, 0.2) is 28.7 Å². The van der Waals surface area contributed by atoms with Gasteiger partial charge in [-0.25, -0.2) is 9.86 Å². The summed E-state index contributed by atoms with van der Waals surface area (Å²) in [5.74, 6) is -0.483. The molecule has 3 amide bonds. The second-order valence-corrected chi connectivity index (χ2v) is 6.65. The zero-order valence-corrected chi connectivity index (χ0v) is 17.1. The molecule has 0 unspecified atom stereocenters. The highest BCUT2D eigenvalue weighted by molar-refractivity contribution is 5.85. The number of carbonyl (C=O) groups excluding carboxylic acids is 3. The van der Waals surface area contributed by atoms with Crippen LogP contribution in [0, 0.1) is 5.92 Å². The van der Waals surface area contributed by atoms with Gasteiger partial charge in [0.1, 0.15) is 0 Å². The van der Waals surface area contributed by atoms with E-state index in [4.69, 9.17) is 13.9 Å². The van der Waals surface area contributed by atoms with Crippen molar-refractivity contribution in [2.45, 2.75) is 32.6 Å². The summed E-state index contributed by atoms with van der Waals surface area (Å²) in [6.45, 7) is 1.73. The van der Waals surface area contributed by atoms with Crippen molar-refractivity contribution >= 4 is 29.4 Å². The lowest BCUT2D eigenvalue weighted by Gasteiger charge is -2.19. The Hall–Kier alpha value is -3.27. The first-order valence-corrected chi connectivity index (χ1v) is 9.69. The predicted octanol–water partition coefficient (Wildman–Crippen LogP) is 2.65. The standard InChI is InChI=1S/C20H27N3O7/c1-3-4-5-7-15(11-23(27)13-24)19(25)21-12-22-20(26)30-17-10-14-8-6-9-16(28-2)18(14)29-17/h6,8-10,13,15,27H,3-5,7,11-12H2,1-2H3,(H,21,25)(H,22,26)/t15-/m1/s1. The molecule has 0 saturated heterocycles. The van der Waals surface area contributed by atoms with Crippen LogP contribution in [-0.4, -0.2) is 49.0 Å². The van der Waals surface area contributed by atoms with Crippen molar-refractivity contribution in [2.75, 3.05) is 20.3 Å². The fourth-order valence-corrected chi connectivity index (χ4v) is 2.91. The van der Waals surface area contributed by atoms with Gasteiger partial charge < -0.3 is 24.5 Å². The average Bonchev–Trinajstić information content (AvgIpc) is 3.15. The van der Waals surface area contributed by atoms with E-state index in [2.05, 4.69) is 10.6 Å². The highest BCUT2D eigenvalue weighted by Gasteiger charge is 2.20. The fourth-order valence-electron chi connectivity index (χ4n) is 2.91. The van der Waals surface area contributed by atoms with Gasteiger partial charge in [0.05, 0.1) is 26.2 Å². The summed E-state index contributed by atoms with van der Waals surface area (Å²) in [5.41, 5.74) is 0.453. The molecular weight excluding hydrogens is 394 g/mol. The first-order chi connectivity index (χ1) is 14.5. The first kappa shape index (κ1) is 23.0. The maximum atomic E-state index is 12.3. The molecule has 30 heavy (non-hydrogen) atoms. The molecular formula is C20H27N3O7. The number of benzene rings is 1. The van der Waals surface area contributed by atoms with Gasteiger partial charge >= 0.3 is 6.09 Å². The highest BCUT2D eigenvalue weighted by Crippen LogP contribution is 2.31. The van der Waals surface area contributed by atoms with Gasteiger partial charge in [0, 0.05) is 11.5 Å². The van der Waals surface area contributed by atoms with Crippen LogP contribution in [0.4, 0.5) is 4.79 Å². The van der Waals surface area contributed by atoms with E-state index in [1.807, 2.05) is 6.92 Å². The number of carbonyl (C=O) groups is 3. The van der Waals surface area contributed by atoms with Crippen LogP contribution in [-0.2, 0) is 9.59 Å². The minimum absolute atomic E-state index is 0.0160. The average molecular weight is 421 g/mol. The van der Waals surface area contributed by atoms with Gasteiger partial charge in [0.25, 0.3) is 5.95 Å². The van der Waals surface area contributed by atoms with E-state index in [0.717, 1.165) is 19.3 Å². The number of hydrogen-bond donors (Lipinski definition) is 3. The molecule has 0 spiro atoms. The lowest BCUT2D eigenvalue weighted by molar-refractivity contribution is -0.154.